The lowest BCUT2D eigenvalue weighted by molar-refractivity contribution is -0.125. The van der Waals surface area contributed by atoms with Gasteiger partial charge in [-0.2, -0.15) is 0 Å². The Morgan fingerprint density at radius 2 is 1.77 bits per heavy atom. The van der Waals surface area contributed by atoms with Gasteiger partial charge in [-0.15, -0.1) is 0 Å². The second kappa shape index (κ2) is 16.7. The molecule has 0 aliphatic carbocycles. The van der Waals surface area contributed by atoms with E-state index in [0.29, 0.717) is 12.3 Å². The summed E-state index contributed by atoms with van der Waals surface area (Å²) in [5.41, 5.74) is 0. The number of allylic oxidation sites excluding steroid dienone is 2. The van der Waals surface area contributed by atoms with Crippen LogP contribution < -0.4 is 5.32 Å². The predicted molar refractivity (Wildman–Crippen MR) is 97.4 cm³/mol. The van der Waals surface area contributed by atoms with Gasteiger partial charge in [-0.1, -0.05) is 59.1 Å². The molecule has 0 amide bonds. The largest absolute Gasteiger partial charge is 0.379 e. The topological polar surface area (TPSA) is 38.3 Å². The first-order chi connectivity index (χ1) is 10.5. The molecule has 0 aliphatic heterocycles. The minimum Gasteiger partial charge on any atom is -0.379 e. The second-order valence-corrected chi connectivity index (χ2v) is 5.82. The highest BCUT2D eigenvalue weighted by molar-refractivity contribution is 5.84. The first-order valence-electron chi connectivity index (χ1n) is 8.87. The van der Waals surface area contributed by atoms with E-state index >= 15 is 0 Å². The number of hydrogen-bond acceptors (Lipinski definition) is 3. The maximum Gasteiger partial charge on any atom is 0.152 e. The minimum atomic E-state index is -0.193. The number of ether oxygens (including phenoxy) is 1. The van der Waals surface area contributed by atoms with E-state index in [1.165, 1.54) is 12.8 Å². The molecular formula is C19H39NO2. The van der Waals surface area contributed by atoms with E-state index in [2.05, 4.69) is 39.1 Å². The van der Waals surface area contributed by atoms with Crippen molar-refractivity contribution >= 4 is 5.78 Å². The molecule has 132 valence electrons. The van der Waals surface area contributed by atoms with E-state index in [4.69, 9.17) is 4.74 Å². The van der Waals surface area contributed by atoms with Crippen molar-refractivity contribution in [1.29, 1.82) is 0 Å². The van der Waals surface area contributed by atoms with Crippen molar-refractivity contribution in [3.63, 3.8) is 0 Å². The number of unbranched alkanes of at least 4 members (excludes halogenated alkanes) is 2. The summed E-state index contributed by atoms with van der Waals surface area (Å²) in [5.74, 6) is 0.591. The van der Waals surface area contributed by atoms with Gasteiger partial charge < -0.3 is 10.1 Å². The molecule has 0 spiro atoms. The fourth-order valence-electron chi connectivity index (χ4n) is 2.20. The Morgan fingerprint density at radius 1 is 1.18 bits per heavy atom. The third-order valence-corrected chi connectivity index (χ3v) is 3.84. The van der Waals surface area contributed by atoms with Crippen LogP contribution in [-0.2, 0) is 9.53 Å². The standard InChI is InChI=1S/C15H29NO2.C4H10/c1-6-8-10-12(3)15(18-5)14(16-4)13(17)11-9-7-2;1-3-4-2/h6,8,12,14-16H,7,9-11H2,1-5H3;3-4H2,1-2H3. The number of carbonyl (C=O) groups is 1. The van der Waals surface area contributed by atoms with Gasteiger partial charge >= 0.3 is 0 Å². The van der Waals surface area contributed by atoms with Crippen LogP contribution >= 0.6 is 0 Å². The Hall–Kier alpha value is -0.670. The monoisotopic (exact) mass is 313 g/mol. The zero-order chi connectivity index (χ0) is 17.4. The summed E-state index contributed by atoms with van der Waals surface area (Å²) in [5, 5.41) is 3.12. The van der Waals surface area contributed by atoms with Crippen LogP contribution in [0.3, 0.4) is 0 Å². The Balaban J connectivity index is 0. The van der Waals surface area contributed by atoms with Crippen LogP contribution in [0.5, 0.6) is 0 Å². The molecule has 0 aromatic carbocycles. The molecule has 0 aromatic rings. The van der Waals surface area contributed by atoms with Crippen molar-refractivity contribution in [2.75, 3.05) is 14.2 Å². The highest BCUT2D eigenvalue weighted by Gasteiger charge is 2.29. The number of likely N-dealkylation sites (N-methyl/N-ethyl adjacent to an activating group) is 1. The van der Waals surface area contributed by atoms with Crippen LogP contribution in [0, 0.1) is 5.92 Å². The summed E-state index contributed by atoms with van der Waals surface area (Å²) >= 11 is 0. The molecule has 22 heavy (non-hydrogen) atoms. The van der Waals surface area contributed by atoms with Crippen molar-refractivity contribution in [3.8, 4) is 0 Å². The van der Waals surface area contributed by atoms with Gasteiger partial charge in [0.05, 0.1) is 12.1 Å². The third-order valence-electron chi connectivity index (χ3n) is 3.84. The number of ketones is 1. The van der Waals surface area contributed by atoms with E-state index in [0.717, 1.165) is 19.3 Å². The van der Waals surface area contributed by atoms with Crippen LogP contribution in [0.1, 0.15) is 73.1 Å². The zero-order valence-electron chi connectivity index (χ0n) is 15.9. The van der Waals surface area contributed by atoms with Gasteiger partial charge in [0.15, 0.2) is 5.78 Å². The Morgan fingerprint density at radius 3 is 2.14 bits per heavy atom. The molecule has 1 N–H and O–H groups in total. The van der Waals surface area contributed by atoms with Gasteiger partial charge in [0.1, 0.15) is 0 Å². The molecular weight excluding hydrogens is 274 g/mol. The second-order valence-electron chi connectivity index (χ2n) is 5.82. The Bertz CT molecular complexity index is 275. The molecule has 3 nitrogen and oxygen atoms in total. The summed E-state index contributed by atoms with van der Waals surface area (Å²) in [6, 6.07) is -0.193. The van der Waals surface area contributed by atoms with Crippen LogP contribution in [0.4, 0.5) is 0 Å². The van der Waals surface area contributed by atoms with Crippen LogP contribution in [0.2, 0.25) is 0 Å². The number of carbonyl (C=O) groups excluding carboxylic acids is 1. The highest BCUT2D eigenvalue weighted by Crippen LogP contribution is 2.17. The molecule has 0 heterocycles. The molecule has 3 atom stereocenters. The van der Waals surface area contributed by atoms with Crippen LogP contribution in [0.25, 0.3) is 0 Å². The zero-order valence-corrected chi connectivity index (χ0v) is 15.9. The average Bonchev–Trinajstić information content (AvgIpc) is 2.55. The third kappa shape index (κ3) is 11.0. The Labute approximate surface area is 138 Å². The van der Waals surface area contributed by atoms with Crippen molar-refractivity contribution in [2.24, 2.45) is 5.92 Å². The quantitative estimate of drug-likeness (QED) is 0.559. The number of methoxy groups -OCH3 is 1. The number of hydrogen-bond donors (Lipinski definition) is 1. The van der Waals surface area contributed by atoms with Gasteiger partial charge in [0.2, 0.25) is 0 Å². The maximum absolute atomic E-state index is 12.2. The molecule has 0 aliphatic rings. The van der Waals surface area contributed by atoms with Gasteiger partial charge in [0, 0.05) is 13.5 Å². The average molecular weight is 314 g/mol. The minimum absolute atomic E-state index is 0.0597. The number of Topliss-reactive ketones (excluding diaryl/α,β-unsaturated/α-hetero) is 1. The van der Waals surface area contributed by atoms with Gasteiger partial charge in [0.25, 0.3) is 0 Å². The normalized spacial score (nSPS) is 15.0. The molecule has 0 saturated carbocycles. The van der Waals surface area contributed by atoms with Gasteiger partial charge in [-0.3, -0.25) is 4.79 Å². The van der Waals surface area contributed by atoms with Crippen LogP contribution in [-0.4, -0.2) is 32.1 Å². The molecule has 0 bridgehead atoms. The lowest BCUT2D eigenvalue weighted by atomic mass is 9.90. The van der Waals surface area contributed by atoms with Gasteiger partial charge in [-0.05, 0) is 32.7 Å². The van der Waals surface area contributed by atoms with E-state index in [-0.39, 0.29) is 17.9 Å². The lowest BCUT2D eigenvalue weighted by Crippen LogP contribution is -2.48. The van der Waals surface area contributed by atoms with Crippen molar-refractivity contribution in [1.82, 2.24) is 5.32 Å². The molecule has 0 saturated heterocycles. The van der Waals surface area contributed by atoms with Gasteiger partial charge in [-0.25, -0.2) is 0 Å². The summed E-state index contributed by atoms with van der Waals surface area (Å²) in [4.78, 5) is 12.2. The fourth-order valence-corrected chi connectivity index (χ4v) is 2.20. The summed E-state index contributed by atoms with van der Waals surface area (Å²) in [6.45, 7) is 10.6. The number of rotatable bonds is 11. The lowest BCUT2D eigenvalue weighted by Gasteiger charge is -2.29. The SMILES string of the molecule is CC=CCC(C)C(OC)C(NC)C(=O)CCCC.CCCC. The van der Waals surface area contributed by atoms with E-state index in [1.807, 2.05) is 20.0 Å². The predicted octanol–water partition coefficient (Wildman–Crippen LogP) is 4.76. The molecule has 0 radical (unpaired) electrons. The molecule has 0 fully saturated rings. The van der Waals surface area contributed by atoms with Crippen molar-refractivity contribution in [2.45, 2.75) is 85.3 Å². The summed E-state index contributed by atoms with van der Waals surface area (Å²) in [6.07, 6.45) is 10.3. The summed E-state index contributed by atoms with van der Waals surface area (Å²) < 4.78 is 5.55. The molecule has 0 rings (SSSR count). The van der Waals surface area contributed by atoms with E-state index < -0.39 is 0 Å². The molecule has 0 aromatic heterocycles. The van der Waals surface area contributed by atoms with Crippen molar-refractivity contribution < 1.29 is 9.53 Å². The first kappa shape index (κ1) is 23.6. The van der Waals surface area contributed by atoms with Crippen LogP contribution in [0.15, 0.2) is 12.2 Å². The van der Waals surface area contributed by atoms with E-state index in [1.54, 1.807) is 7.11 Å². The summed E-state index contributed by atoms with van der Waals surface area (Å²) in [7, 11) is 3.52. The Kier molecular flexibility index (Phi) is 17.9. The molecule has 3 heteroatoms. The van der Waals surface area contributed by atoms with Crippen molar-refractivity contribution in [3.05, 3.63) is 12.2 Å². The van der Waals surface area contributed by atoms with E-state index in [9.17, 15) is 4.79 Å². The maximum atomic E-state index is 12.2. The fraction of sp³-hybridized carbons (Fsp3) is 0.842. The number of nitrogens with one attached hydrogen (secondary N) is 1. The molecule has 3 unspecified atom stereocenters. The smallest absolute Gasteiger partial charge is 0.152 e. The highest BCUT2D eigenvalue weighted by atomic mass is 16.5. The first-order valence-corrected chi connectivity index (χ1v) is 8.87.